The van der Waals surface area contributed by atoms with Gasteiger partial charge in [-0.05, 0) is 44.0 Å². The molecule has 2 heterocycles. The summed E-state index contributed by atoms with van der Waals surface area (Å²) in [6.07, 6.45) is 1.68. The third-order valence-electron chi connectivity index (χ3n) is 4.63. The van der Waals surface area contributed by atoms with Crippen molar-refractivity contribution in [2.24, 2.45) is 0 Å². The summed E-state index contributed by atoms with van der Waals surface area (Å²) in [6.45, 7) is 2.66. The van der Waals surface area contributed by atoms with E-state index >= 15 is 0 Å². The number of aryl methyl sites for hydroxylation is 1. The Labute approximate surface area is 162 Å². The number of hydrogen-bond acceptors (Lipinski definition) is 4. The lowest BCUT2D eigenvalue weighted by Crippen LogP contribution is -2.34. The summed E-state index contributed by atoms with van der Waals surface area (Å²) >= 11 is 6.03. The fraction of sp³-hybridized carbons (Fsp3) is 0.250. The number of urea groups is 1. The van der Waals surface area contributed by atoms with Gasteiger partial charge in [0.15, 0.2) is 0 Å². The molecular weight excluding hydrogens is 364 g/mol. The molecule has 138 valence electrons. The van der Waals surface area contributed by atoms with E-state index in [4.69, 9.17) is 16.1 Å². The van der Waals surface area contributed by atoms with Gasteiger partial charge in [0, 0.05) is 22.8 Å². The summed E-state index contributed by atoms with van der Waals surface area (Å²) < 4.78 is 5.46. The van der Waals surface area contributed by atoms with Crippen LogP contribution in [0.2, 0.25) is 5.02 Å². The SMILES string of the molecule is Cc1ccc(NC(=O)N2CCC[C@@H]2c2nc(-c3cccc(Cl)c3)no2)cc1. The van der Waals surface area contributed by atoms with E-state index in [0.717, 1.165) is 29.7 Å². The summed E-state index contributed by atoms with van der Waals surface area (Å²) in [5.74, 6) is 0.917. The number of nitrogens with one attached hydrogen (secondary N) is 1. The smallest absolute Gasteiger partial charge is 0.322 e. The fourth-order valence-electron chi connectivity index (χ4n) is 3.21. The van der Waals surface area contributed by atoms with Crippen LogP contribution in [0.25, 0.3) is 11.4 Å². The molecule has 0 saturated carbocycles. The summed E-state index contributed by atoms with van der Waals surface area (Å²) in [6, 6.07) is 14.6. The van der Waals surface area contributed by atoms with Crippen molar-refractivity contribution >= 4 is 23.3 Å². The highest BCUT2D eigenvalue weighted by atomic mass is 35.5. The number of halogens is 1. The lowest BCUT2D eigenvalue weighted by Gasteiger charge is -2.22. The first-order valence-corrected chi connectivity index (χ1v) is 9.22. The van der Waals surface area contributed by atoms with E-state index in [1.807, 2.05) is 43.3 Å². The van der Waals surface area contributed by atoms with E-state index in [0.29, 0.717) is 23.3 Å². The van der Waals surface area contributed by atoms with Crippen molar-refractivity contribution in [3.63, 3.8) is 0 Å². The van der Waals surface area contributed by atoms with Crippen molar-refractivity contribution in [1.82, 2.24) is 15.0 Å². The molecule has 1 fully saturated rings. The molecule has 6 nitrogen and oxygen atoms in total. The highest BCUT2D eigenvalue weighted by Gasteiger charge is 2.34. The van der Waals surface area contributed by atoms with Crippen LogP contribution >= 0.6 is 11.6 Å². The number of benzene rings is 2. The largest absolute Gasteiger partial charge is 0.337 e. The van der Waals surface area contributed by atoms with Crippen LogP contribution < -0.4 is 5.32 Å². The second-order valence-corrected chi connectivity index (χ2v) is 7.05. The molecule has 1 N–H and O–H groups in total. The molecule has 1 aliphatic heterocycles. The number of carbonyl (C=O) groups is 1. The normalized spacial score (nSPS) is 16.5. The second kappa shape index (κ2) is 7.40. The predicted molar refractivity (Wildman–Crippen MR) is 104 cm³/mol. The van der Waals surface area contributed by atoms with Gasteiger partial charge in [-0.3, -0.25) is 0 Å². The topological polar surface area (TPSA) is 71.3 Å². The predicted octanol–water partition coefficient (Wildman–Crippen LogP) is 5.07. The van der Waals surface area contributed by atoms with Crippen LogP contribution in [0, 0.1) is 6.92 Å². The molecule has 27 heavy (non-hydrogen) atoms. The van der Waals surface area contributed by atoms with Crippen molar-refractivity contribution in [2.75, 3.05) is 11.9 Å². The molecule has 1 saturated heterocycles. The van der Waals surface area contributed by atoms with Gasteiger partial charge in [0.05, 0.1) is 0 Å². The monoisotopic (exact) mass is 382 g/mol. The fourth-order valence-corrected chi connectivity index (χ4v) is 3.40. The van der Waals surface area contributed by atoms with Gasteiger partial charge in [-0.25, -0.2) is 4.79 Å². The van der Waals surface area contributed by atoms with Crippen molar-refractivity contribution < 1.29 is 9.32 Å². The highest BCUT2D eigenvalue weighted by molar-refractivity contribution is 6.30. The Bertz CT molecular complexity index is 955. The molecule has 2 amide bonds. The Morgan fingerprint density at radius 2 is 2.07 bits per heavy atom. The van der Waals surface area contributed by atoms with Crippen LogP contribution in [-0.2, 0) is 0 Å². The van der Waals surface area contributed by atoms with E-state index in [-0.39, 0.29) is 12.1 Å². The van der Waals surface area contributed by atoms with Gasteiger partial charge in [-0.2, -0.15) is 4.98 Å². The minimum atomic E-state index is -0.226. The van der Waals surface area contributed by atoms with Gasteiger partial charge in [0.2, 0.25) is 11.7 Å². The van der Waals surface area contributed by atoms with Crippen LogP contribution in [0.1, 0.15) is 30.3 Å². The van der Waals surface area contributed by atoms with Gasteiger partial charge in [-0.1, -0.05) is 46.6 Å². The van der Waals surface area contributed by atoms with Crippen molar-refractivity contribution in [3.05, 3.63) is 65.0 Å². The average molecular weight is 383 g/mol. The summed E-state index contributed by atoms with van der Waals surface area (Å²) in [4.78, 5) is 19.0. The quantitative estimate of drug-likeness (QED) is 0.686. The first-order valence-electron chi connectivity index (χ1n) is 8.84. The molecule has 0 bridgehead atoms. The number of aromatic nitrogens is 2. The summed E-state index contributed by atoms with van der Waals surface area (Å²) in [5.41, 5.74) is 2.69. The highest BCUT2D eigenvalue weighted by Crippen LogP contribution is 2.32. The van der Waals surface area contributed by atoms with Gasteiger partial charge in [0.25, 0.3) is 0 Å². The zero-order chi connectivity index (χ0) is 18.8. The van der Waals surface area contributed by atoms with Crippen LogP contribution in [-0.4, -0.2) is 27.6 Å². The van der Waals surface area contributed by atoms with E-state index in [1.165, 1.54) is 0 Å². The average Bonchev–Trinajstić information content (AvgIpc) is 3.33. The van der Waals surface area contributed by atoms with Gasteiger partial charge < -0.3 is 14.7 Å². The molecule has 7 heteroatoms. The Morgan fingerprint density at radius 1 is 1.26 bits per heavy atom. The Morgan fingerprint density at radius 3 is 2.85 bits per heavy atom. The number of hydrogen-bond donors (Lipinski definition) is 1. The van der Waals surface area contributed by atoms with E-state index in [1.54, 1.807) is 17.0 Å². The van der Waals surface area contributed by atoms with Crippen molar-refractivity contribution in [3.8, 4) is 11.4 Å². The first kappa shape index (κ1) is 17.5. The molecule has 3 aromatic rings. The molecule has 0 aliphatic carbocycles. The Balaban J connectivity index is 1.51. The Hall–Kier alpha value is -2.86. The van der Waals surface area contributed by atoms with Gasteiger partial charge in [-0.15, -0.1) is 0 Å². The van der Waals surface area contributed by atoms with Crippen molar-refractivity contribution in [1.29, 1.82) is 0 Å². The maximum atomic E-state index is 12.7. The number of anilines is 1. The van der Waals surface area contributed by atoms with Crippen LogP contribution in [0.3, 0.4) is 0 Å². The molecule has 0 unspecified atom stereocenters. The van der Waals surface area contributed by atoms with Crippen LogP contribution in [0.5, 0.6) is 0 Å². The van der Waals surface area contributed by atoms with Crippen LogP contribution in [0.4, 0.5) is 10.5 Å². The Kier molecular flexibility index (Phi) is 4.81. The molecule has 2 aromatic carbocycles. The lowest BCUT2D eigenvalue weighted by molar-refractivity contribution is 0.193. The molecule has 4 rings (SSSR count). The molecule has 1 aliphatic rings. The first-order chi connectivity index (χ1) is 13.1. The number of rotatable bonds is 3. The maximum Gasteiger partial charge on any atom is 0.322 e. The van der Waals surface area contributed by atoms with E-state index in [2.05, 4.69) is 15.5 Å². The lowest BCUT2D eigenvalue weighted by atomic mass is 10.2. The van der Waals surface area contributed by atoms with Crippen molar-refractivity contribution in [2.45, 2.75) is 25.8 Å². The van der Waals surface area contributed by atoms with Gasteiger partial charge in [0.1, 0.15) is 6.04 Å². The third-order valence-corrected chi connectivity index (χ3v) is 4.86. The second-order valence-electron chi connectivity index (χ2n) is 6.61. The molecule has 0 radical (unpaired) electrons. The zero-order valence-corrected chi connectivity index (χ0v) is 15.6. The standard InChI is InChI=1S/C20H19ClN4O2/c1-13-7-9-16(10-8-13)22-20(26)25-11-3-6-17(25)19-23-18(24-27-19)14-4-2-5-15(21)12-14/h2,4-5,7-10,12,17H,3,6,11H2,1H3,(H,22,26)/t17-/m1/s1. The van der Waals surface area contributed by atoms with Crippen LogP contribution in [0.15, 0.2) is 53.1 Å². The molecule has 1 aromatic heterocycles. The number of carbonyl (C=O) groups excluding carboxylic acids is 1. The van der Waals surface area contributed by atoms with E-state index < -0.39 is 0 Å². The van der Waals surface area contributed by atoms with E-state index in [9.17, 15) is 4.79 Å². The molecular formula is C20H19ClN4O2. The minimum absolute atomic E-state index is 0.163. The minimum Gasteiger partial charge on any atom is -0.337 e. The molecule has 1 atom stereocenters. The summed E-state index contributed by atoms with van der Waals surface area (Å²) in [5, 5.41) is 7.60. The number of nitrogens with zero attached hydrogens (tertiary/aromatic N) is 3. The van der Waals surface area contributed by atoms with Gasteiger partial charge >= 0.3 is 6.03 Å². The maximum absolute atomic E-state index is 12.7. The third kappa shape index (κ3) is 3.80. The molecule has 0 spiro atoms. The summed E-state index contributed by atoms with van der Waals surface area (Å²) in [7, 11) is 0. The zero-order valence-electron chi connectivity index (χ0n) is 14.9. The number of amides is 2. The number of likely N-dealkylation sites (tertiary alicyclic amines) is 1.